The number of carbonyl (C=O) groups is 1. The minimum Gasteiger partial charge on any atom is -0.352 e. The minimum absolute atomic E-state index is 0.0872. The Balaban J connectivity index is 4.42. The van der Waals surface area contributed by atoms with Gasteiger partial charge in [0.25, 0.3) is 0 Å². The van der Waals surface area contributed by atoms with Crippen molar-refractivity contribution in [3.8, 4) is 0 Å². The third-order valence-electron chi connectivity index (χ3n) is 5.26. The number of nitrogens with two attached hydrogens (primary N) is 1. The molecule has 0 aromatic heterocycles. The van der Waals surface area contributed by atoms with E-state index < -0.39 is 0 Å². The zero-order valence-corrected chi connectivity index (χ0v) is 17.1. The van der Waals surface area contributed by atoms with Crippen molar-refractivity contribution < 1.29 is 4.79 Å². The summed E-state index contributed by atoms with van der Waals surface area (Å²) >= 11 is 0. The van der Waals surface area contributed by atoms with Crippen LogP contribution in [0, 0.1) is 17.8 Å². The second-order valence-electron chi connectivity index (χ2n) is 7.82. The van der Waals surface area contributed by atoms with E-state index in [1.807, 2.05) is 0 Å². The van der Waals surface area contributed by atoms with Gasteiger partial charge in [-0.25, -0.2) is 0 Å². The highest BCUT2D eigenvalue weighted by Crippen LogP contribution is 2.23. The predicted octanol–water partition coefficient (Wildman–Crippen LogP) is 2.11. The molecule has 0 spiro atoms. The topological polar surface area (TPSA) is 79.2 Å². The molecule has 5 heteroatoms. The molecule has 6 unspecified atom stereocenters. The Bertz CT molecular complexity index is 348. The van der Waals surface area contributed by atoms with Crippen molar-refractivity contribution in [3.63, 3.8) is 0 Å². The normalized spacial score (nSPS) is 19.4. The van der Waals surface area contributed by atoms with Gasteiger partial charge >= 0.3 is 0 Å². The van der Waals surface area contributed by atoms with Crippen molar-refractivity contribution in [2.45, 2.75) is 86.0 Å². The summed E-state index contributed by atoms with van der Waals surface area (Å²) < 4.78 is 0. The van der Waals surface area contributed by atoms with Crippen molar-refractivity contribution >= 4 is 5.91 Å². The van der Waals surface area contributed by atoms with Crippen LogP contribution in [0.5, 0.6) is 0 Å². The van der Waals surface area contributed by atoms with E-state index >= 15 is 0 Å². The van der Waals surface area contributed by atoms with Crippen LogP contribution in [0.2, 0.25) is 0 Å². The molecular weight excluding hydrogens is 300 g/mol. The van der Waals surface area contributed by atoms with Crippen molar-refractivity contribution in [2.75, 3.05) is 13.1 Å². The van der Waals surface area contributed by atoms with Crippen molar-refractivity contribution in [3.05, 3.63) is 0 Å². The van der Waals surface area contributed by atoms with Gasteiger partial charge in [-0.15, -0.1) is 0 Å². The fraction of sp³-hybridized carbons (Fsp3) is 0.947. The van der Waals surface area contributed by atoms with Crippen LogP contribution in [0.4, 0.5) is 0 Å². The van der Waals surface area contributed by atoms with Gasteiger partial charge in [0.05, 0.1) is 0 Å². The Labute approximate surface area is 149 Å². The molecule has 0 aliphatic heterocycles. The average molecular weight is 343 g/mol. The molecule has 5 N–H and O–H groups in total. The Kier molecular flexibility index (Phi) is 11.5. The van der Waals surface area contributed by atoms with Crippen molar-refractivity contribution in [1.29, 1.82) is 0 Å². The first-order chi connectivity index (χ1) is 11.1. The van der Waals surface area contributed by atoms with Crippen LogP contribution < -0.4 is 21.7 Å². The fourth-order valence-corrected chi connectivity index (χ4v) is 2.83. The molecule has 6 atom stereocenters. The van der Waals surface area contributed by atoms with E-state index in [-0.39, 0.29) is 23.9 Å². The molecule has 0 aliphatic carbocycles. The molecule has 0 saturated carbocycles. The maximum atomic E-state index is 12.6. The van der Waals surface area contributed by atoms with Gasteiger partial charge in [0.15, 0.2) is 0 Å². The first-order valence-corrected chi connectivity index (χ1v) is 9.63. The zero-order chi connectivity index (χ0) is 18.9. The quantitative estimate of drug-likeness (QED) is 0.438. The lowest BCUT2D eigenvalue weighted by molar-refractivity contribution is -0.128. The molecule has 0 heterocycles. The van der Waals surface area contributed by atoms with Gasteiger partial charge in [-0.1, -0.05) is 27.7 Å². The van der Waals surface area contributed by atoms with E-state index in [2.05, 4.69) is 71.3 Å². The summed E-state index contributed by atoms with van der Waals surface area (Å²) in [5.74, 6) is 1.18. The number of rotatable bonds is 12. The molecule has 0 aromatic carbocycles. The van der Waals surface area contributed by atoms with Gasteiger partial charge in [-0.3, -0.25) is 4.79 Å². The summed E-state index contributed by atoms with van der Waals surface area (Å²) in [5, 5.41) is 10.2. The Hall–Kier alpha value is -0.650. The first kappa shape index (κ1) is 23.4. The van der Waals surface area contributed by atoms with Gasteiger partial charge < -0.3 is 21.7 Å². The van der Waals surface area contributed by atoms with Crippen molar-refractivity contribution in [2.24, 2.45) is 23.5 Å². The van der Waals surface area contributed by atoms with Crippen LogP contribution in [0.3, 0.4) is 0 Å². The molecule has 1 amide bonds. The molecule has 0 bridgehead atoms. The van der Waals surface area contributed by atoms with Crippen LogP contribution in [0.25, 0.3) is 0 Å². The molecule has 0 saturated heterocycles. The largest absolute Gasteiger partial charge is 0.352 e. The summed E-state index contributed by atoms with van der Waals surface area (Å²) in [7, 11) is 0. The zero-order valence-electron chi connectivity index (χ0n) is 17.1. The Morgan fingerprint density at radius 3 is 2.00 bits per heavy atom. The van der Waals surface area contributed by atoms with E-state index in [1.54, 1.807) is 0 Å². The third kappa shape index (κ3) is 8.45. The summed E-state index contributed by atoms with van der Waals surface area (Å²) in [6, 6.07) is 0.959. The smallest absolute Gasteiger partial charge is 0.223 e. The SMILES string of the molecule is CCC(C(=O)NC(C)C(C)NC(C)CNC(C)CN)C(C)C(C)C. The molecule has 5 nitrogen and oxygen atoms in total. The highest BCUT2D eigenvalue weighted by molar-refractivity contribution is 5.79. The molecule has 0 aliphatic rings. The third-order valence-corrected chi connectivity index (χ3v) is 5.26. The van der Waals surface area contributed by atoms with Gasteiger partial charge in [-0.2, -0.15) is 0 Å². The summed E-state index contributed by atoms with van der Waals surface area (Å²) in [6.45, 7) is 18.6. The van der Waals surface area contributed by atoms with Crippen LogP contribution in [-0.4, -0.2) is 43.2 Å². The Morgan fingerprint density at radius 2 is 1.54 bits per heavy atom. The van der Waals surface area contributed by atoms with Gasteiger partial charge in [0.2, 0.25) is 5.91 Å². The lowest BCUT2D eigenvalue weighted by Crippen LogP contribution is -2.53. The highest BCUT2D eigenvalue weighted by Gasteiger charge is 2.27. The molecule has 144 valence electrons. The predicted molar refractivity (Wildman–Crippen MR) is 104 cm³/mol. The summed E-state index contributed by atoms with van der Waals surface area (Å²) in [4.78, 5) is 12.6. The van der Waals surface area contributed by atoms with Gasteiger partial charge in [-0.05, 0) is 46.0 Å². The number of hydrogen-bond acceptors (Lipinski definition) is 4. The van der Waals surface area contributed by atoms with Crippen molar-refractivity contribution in [1.82, 2.24) is 16.0 Å². The van der Waals surface area contributed by atoms with E-state index in [4.69, 9.17) is 5.73 Å². The molecule has 0 fully saturated rings. The lowest BCUT2D eigenvalue weighted by atomic mass is 9.82. The highest BCUT2D eigenvalue weighted by atomic mass is 16.2. The van der Waals surface area contributed by atoms with E-state index in [0.29, 0.717) is 30.5 Å². The molecular formula is C19H42N4O. The standard InChI is InChI=1S/C19H42N4O/c1-9-18(15(6)12(2)3)19(24)23-17(8)16(7)22-14(5)11-21-13(4)10-20/h12-18,21-22H,9-11,20H2,1-8H3,(H,23,24). The average Bonchev–Trinajstić information content (AvgIpc) is 2.52. The van der Waals surface area contributed by atoms with E-state index in [0.717, 1.165) is 13.0 Å². The van der Waals surface area contributed by atoms with Crippen LogP contribution in [0.1, 0.15) is 61.8 Å². The van der Waals surface area contributed by atoms with Crippen LogP contribution >= 0.6 is 0 Å². The van der Waals surface area contributed by atoms with Crippen LogP contribution in [0.15, 0.2) is 0 Å². The van der Waals surface area contributed by atoms with Gasteiger partial charge in [0.1, 0.15) is 0 Å². The van der Waals surface area contributed by atoms with E-state index in [9.17, 15) is 4.79 Å². The fourth-order valence-electron chi connectivity index (χ4n) is 2.83. The minimum atomic E-state index is 0.0872. The first-order valence-electron chi connectivity index (χ1n) is 9.63. The number of hydrogen-bond donors (Lipinski definition) is 4. The lowest BCUT2D eigenvalue weighted by Gasteiger charge is -2.30. The Morgan fingerprint density at radius 1 is 0.958 bits per heavy atom. The summed E-state index contributed by atoms with van der Waals surface area (Å²) in [5.41, 5.74) is 5.62. The number of carbonyl (C=O) groups excluding carboxylic acids is 1. The second kappa shape index (κ2) is 11.8. The van der Waals surface area contributed by atoms with E-state index in [1.165, 1.54) is 0 Å². The molecule has 0 aromatic rings. The summed E-state index contributed by atoms with van der Waals surface area (Å²) in [6.07, 6.45) is 0.886. The maximum Gasteiger partial charge on any atom is 0.223 e. The molecule has 24 heavy (non-hydrogen) atoms. The number of amides is 1. The monoisotopic (exact) mass is 342 g/mol. The second-order valence-corrected chi connectivity index (χ2v) is 7.82. The molecule has 0 radical (unpaired) electrons. The maximum absolute atomic E-state index is 12.6. The molecule has 0 rings (SSSR count). The number of nitrogens with one attached hydrogen (secondary N) is 3. The van der Waals surface area contributed by atoms with Crippen LogP contribution in [-0.2, 0) is 4.79 Å². The van der Waals surface area contributed by atoms with Gasteiger partial charge in [0, 0.05) is 43.2 Å².